The van der Waals surface area contributed by atoms with E-state index < -0.39 is 0 Å². The number of hydrogen-bond acceptors (Lipinski definition) is 5. The maximum absolute atomic E-state index is 12.1. The van der Waals surface area contributed by atoms with Gasteiger partial charge in [-0.15, -0.1) is 5.10 Å². The highest BCUT2D eigenvalue weighted by atomic mass is 16.1. The summed E-state index contributed by atoms with van der Waals surface area (Å²) in [4.78, 5) is 16.8. The second-order valence-corrected chi connectivity index (χ2v) is 7.52. The average molecular weight is 378 g/mol. The molecular weight excluding hydrogens is 352 g/mol. The molecule has 7 heteroatoms. The lowest BCUT2D eigenvalue weighted by Crippen LogP contribution is -2.44. The summed E-state index contributed by atoms with van der Waals surface area (Å²) in [5.41, 5.74) is 2.50. The molecule has 1 saturated heterocycles. The zero-order chi connectivity index (χ0) is 19.7. The van der Waals surface area contributed by atoms with E-state index >= 15 is 0 Å². The predicted molar refractivity (Wildman–Crippen MR) is 111 cm³/mol. The van der Waals surface area contributed by atoms with Crippen LogP contribution in [0.5, 0.6) is 0 Å². The van der Waals surface area contributed by atoms with Crippen molar-refractivity contribution in [2.24, 2.45) is 0 Å². The number of benzene rings is 1. The summed E-state index contributed by atoms with van der Waals surface area (Å²) >= 11 is 0. The Hall–Kier alpha value is -2.93. The standard InChI is InChI=1S/C21H26N6O/c1-16(2)26-21(28)10-9-18(22-26)19-15-20(25-13-11-24(3)12-14-25)23-27(19)17-7-5-4-6-8-17/h4-10,15-16H,11-14H2,1-3H3. The van der Waals surface area contributed by atoms with Gasteiger partial charge in [-0.25, -0.2) is 9.36 Å². The molecule has 28 heavy (non-hydrogen) atoms. The van der Waals surface area contributed by atoms with Crippen molar-refractivity contribution in [1.29, 1.82) is 0 Å². The molecule has 2 aromatic heterocycles. The Balaban J connectivity index is 1.81. The second-order valence-electron chi connectivity index (χ2n) is 7.52. The van der Waals surface area contributed by atoms with Gasteiger partial charge >= 0.3 is 0 Å². The lowest BCUT2D eigenvalue weighted by Gasteiger charge is -2.32. The van der Waals surface area contributed by atoms with Crippen LogP contribution in [0.25, 0.3) is 17.1 Å². The molecule has 1 aliphatic rings. The minimum absolute atomic E-state index is 0.00218. The number of para-hydroxylation sites is 1. The molecule has 146 valence electrons. The first-order chi connectivity index (χ1) is 13.5. The van der Waals surface area contributed by atoms with E-state index in [1.807, 2.05) is 48.9 Å². The third-order valence-electron chi connectivity index (χ3n) is 5.10. The van der Waals surface area contributed by atoms with E-state index in [1.54, 1.807) is 12.1 Å². The molecule has 0 saturated carbocycles. The van der Waals surface area contributed by atoms with Gasteiger partial charge in [-0.05, 0) is 39.1 Å². The molecule has 0 N–H and O–H groups in total. The zero-order valence-corrected chi connectivity index (χ0v) is 16.6. The molecule has 3 aromatic rings. The number of anilines is 1. The maximum Gasteiger partial charge on any atom is 0.267 e. The largest absolute Gasteiger partial charge is 0.353 e. The van der Waals surface area contributed by atoms with Crippen LogP contribution in [0, 0.1) is 0 Å². The van der Waals surface area contributed by atoms with E-state index in [1.165, 1.54) is 4.68 Å². The number of piperazine rings is 1. The van der Waals surface area contributed by atoms with Gasteiger partial charge in [-0.1, -0.05) is 18.2 Å². The molecule has 0 bridgehead atoms. The zero-order valence-electron chi connectivity index (χ0n) is 16.6. The lowest BCUT2D eigenvalue weighted by atomic mass is 10.2. The number of rotatable bonds is 4. The Morgan fingerprint density at radius 3 is 2.32 bits per heavy atom. The molecule has 0 atom stereocenters. The lowest BCUT2D eigenvalue weighted by molar-refractivity contribution is 0.312. The first kappa shape index (κ1) is 18.4. The second kappa shape index (κ2) is 7.59. The van der Waals surface area contributed by atoms with Crippen LogP contribution in [0.1, 0.15) is 19.9 Å². The van der Waals surface area contributed by atoms with Crippen LogP contribution >= 0.6 is 0 Å². The summed E-state index contributed by atoms with van der Waals surface area (Å²) in [5.74, 6) is 0.941. The molecule has 0 aliphatic carbocycles. The summed E-state index contributed by atoms with van der Waals surface area (Å²) in [6.07, 6.45) is 0. The van der Waals surface area contributed by atoms with Gasteiger partial charge in [0.15, 0.2) is 5.82 Å². The fourth-order valence-corrected chi connectivity index (χ4v) is 3.44. The smallest absolute Gasteiger partial charge is 0.267 e. The van der Waals surface area contributed by atoms with Crippen LogP contribution in [-0.2, 0) is 0 Å². The van der Waals surface area contributed by atoms with Gasteiger partial charge in [-0.2, -0.15) is 5.10 Å². The summed E-state index contributed by atoms with van der Waals surface area (Å²) in [7, 11) is 2.14. The Kier molecular flexibility index (Phi) is 5.00. The third kappa shape index (κ3) is 3.57. The Labute approximate surface area is 164 Å². The monoisotopic (exact) mass is 378 g/mol. The fraction of sp³-hybridized carbons (Fsp3) is 0.381. The van der Waals surface area contributed by atoms with Crippen molar-refractivity contribution in [2.45, 2.75) is 19.9 Å². The highest BCUT2D eigenvalue weighted by Crippen LogP contribution is 2.26. The van der Waals surface area contributed by atoms with Crippen molar-refractivity contribution >= 4 is 5.82 Å². The van der Waals surface area contributed by atoms with Crippen molar-refractivity contribution in [3.8, 4) is 17.1 Å². The maximum atomic E-state index is 12.1. The normalized spacial score (nSPS) is 15.4. The molecule has 7 nitrogen and oxygen atoms in total. The van der Waals surface area contributed by atoms with E-state index in [4.69, 9.17) is 5.10 Å². The van der Waals surface area contributed by atoms with Crippen LogP contribution in [0.4, 0.5) is 5.82 Å². The summed E-state index contributed by atoms with van der Waals surface area (Å²) < 4.78 is 3.44. The van der Waals surface area contributed by atoms with Gasteiger partial charge in [0, 0.05) is 38.3 Å². The predicted octanol–water partition coefficient (Wildman–Crippen LogP) is 2.43. The first-order valence-corrected chi connectivity index (χ1v) is 9.72. The quantitative estimate of drug-likeness (QED) is 0.698. The van der Waals surface area contributed by atoms with Crippen LogP contribution in [0.15, 0.2) is 53.3 Å². The molecule has 0 spiro atoms. The van der Waals surface area contributed by atoms with Gasteiger partial charge in [0.25, 0.3) is 5.56 Å². The molecular formula is C21H26N6O. The van der Waals surface area contributed by atoms with Crippen LogP contribution < -0.4 is 10.5 Å². The molecule has 1 aliphatic heterocycles. The SMILES string of the molecule is CC(C)n1nc(-c2cc(N3CCN(C)CC3)nn2-c2ccccc2)ccc1=O. The van der Waals surface area contributed by atoms with Crippen LogP contribution in [-0.4, -0.2) is 57.7 Å². The molecule has 3 heterocycles. The van der Waals surface area contributed by atoms with Gasteiger partial charge in [0.05, 0.1) is 17.4 Å². The minimum Gasteiger partial charge on any atom is -0.353 e. The Morgan fingerprint density at radius 1 is 0.929 bits per heavy atom. The Morgan fingerprint density at radius 2 is 1.64 bits per heavy atom. The van der Waals surface area contributed by atoms with E-state index in [0.717, 1.165) is 49.1 Å². The topological polar surface area (TPSA) is 59.2 Å². The van der Waals surface area contributed by atoms with Crippen molar-refractivity contribution in [3.63, 3.8) is 0 Å². The minimum atomic E-state index is -0.0937. The highest BCUT2D eigenvalue weighted by molar-refractivity contribution is 5.63. The molecule has 0 amide bonds. The van der Waals surface area contributed by atoms with Crippen molar-refractivity contribution in [3.05, 3.63) is 58.9 Å². The van der Waals surface area contributed by atoms with Crippen molar-refractivity contribution < 1.29 is 0 Å². The van der Waals surface area contributed by atoms with Gasteiger partial charge in [0.2, 0.25) is 0 Å². The van der Waals surface area contributed by atoms with E-state index in [9.17, 15) is 4.79 Å². The molecule has 0 unspecified atom stereocenters. The van der Waals surface area contributed by atoms with Crippen molar-refractivity contribution in [2.75, 3.05) is 38.1 Å². The van der Waals surface area contributed by atoms with E-state index in [2.05, 4.69) is 28.0 Å². The summed E-state index contributed by atoms with van der Waals surface area (Å²) in [6, 6.07) is 15.5. The summed E-state index contributed by atoms with van der Waals surface area (Å²) in [6.45, 7) is 7.85. The fourth-order valence-electron chi connectivity index (χ4n) is 3.44. The molecule has 1 fully saturated rings. The van der Waals surface area contributed by atoms with Gasteiger partial charge < -0.3 is 9.80 Å². The Bertz CT molecular complexity index is 999. The number of hydrogen-bond donors (Lipinski definition) is 0. The van der Waals surface area contributed by atoms with Gasteiger partial charge in [-0.3, -0.25) is 4.79 Å². The number of nitrogens with zero attached hydrogens (tertiary/aromatic N) is 6. The highest BCUT2D eigenvalue weighted by Gasteiger charge is 2.21. The van der Waals surface area contributed by atoms with Crippen LogP contribution in [0.3, 0.4) is 0 Å². The van der Waals surface area contributed by atoms with Crippen molar-refractivity contribution in [1.82, 2.24) is 24.5 Å². The van der Waals surface area contributed by atoms with E-state index in [0.29, 0.717) is 0 Å². The summed E-state index contributed by atoms with van der Waals surface area (Å²) in [5, 5.41) is 9.51. The molecule has 0 radical (unpaired) electrons. The molecule has 1 aromatic carbocycles. The first-order valence-electron chi connectivity index (χ1n) is 9.72. The number of aromatic nitrogens is 4. The third-order valence-corrected chi connectivity index (χ3v) is 5.10. The number of likely N-dealkylation sites (N-methyl/N-ethyl adjacent to an activating group) is 1. The molecule has 4 rings (SSSR count). The van der Waals surface area contributed by atoms with E-state index in [-0.39, 0.29) is 11.6 Å². The average Bonchev–Trinajstić information content (AvgIpc) is 3.15. The van der Waals surface area contributed by atoms with Gasteiger partial charge in [0.1, 0.15) is 5.69 Å². The van der Waals surface area contributed by atoms with Crippen LogP contribution in [0.2, 0.25) is 0 Å².